The molecule has 0 spiro atoms. The van der Waals surface area contributed by atoms with Crippen LogP contribution < -0.4 is 0 Å². The van der Waals surface area contributed by atoms with Gasteiger partial charge in [-0.2, -0.15) is 0 Å². The number of carbonyl (C=O) groups excluding carboxylic acids is 2. The molecule has 1 aliphatic rings. The van der Waals surface area contributed by atoms with Crippen molar-refractivity contribution in [2.24, 2.45) is 0 Å². The summed E-state index contributed by atoms with van der Waals surface area (Å²) in [5.74, 6) is -0.256. The van der Waals surface area contributed by atoms with Crippen molar-refractivity contribution in [1.29, 1.82) is 0 Å². The van der Waals surface area contributed by atoms with Crippen LogP contribution in [-0.4, -0.2) is 34.2 Å². The van der Waals surface area contributed by atoms with E-state index in [0.717, 1.165) is 42.5 Å². The van der Waals surface area contributed by atoms with E-state index in [1.54, 1.807) is 34.4 Å². The van der Waals surface area contributed by atoms with Gasteiger partial charge in [0.1, 0.15) is 6.54 Å². The van der Waals surface area contributed by atoms with E-state index in [1.807, 2.05) is 35.2 Å². The standard InChI is InChI=1S/C28H30Cl2N2O2S/c1-20-12-13-26(35-20)18-31(17-21-8-4-2-5-9-21)27(33)19-32(25-10-6-3-7-11-25)28(34)22-14-23(29)16-24(30)15-22/h2,4-5,8-9,12-16,25H,3,6-7,10-11,17-19H2,1H3. The highest BCUT2D eigenvalue weighted by atomic mass is 35.5. The van der Waals surface area contributed by atoms with Crippen LogP contribution in [0.5, 0.6) is 0 Å². The van der Waals surface area contributed by atoms with Gasteiger partial charge in [-0.3, -0.25) is 9.59 Å². The Labute approximate surface area is 221 Å². The number of benzene rings is 2. The van der Waals surface area contributed by atoms with Crippen LogP contribution in [-0.2, 0) is 17.9 Å². The Balaban J connectivity index is 1.60. The van der Waals surface area contributed by atoms with Gasteiger partial charge in [0, 0.05) is 37.9 Å². The highest BCUT2D eigenvalue weighted by Crippen LogP contribution is 2.27. The third-order valence-corrected chi connectivity index (χ3v) is 7.82. The summed E-state index contributed by atoms with van der Waals surface area (Å²) in [6, 6.07) is 19.0. The molecule has 0 atom stereocenters. The lowest BCUT2D eigenvalue weighted by Gasteiger charge is -2.35. The molecular formula is C28H30Cl2N2O2S. The lowest BCUT2D eigenvalue weighted by atomic mass is 9.93. The van der Waals surface area contributed by atoms with Crippen LogP contribution in [0.25, 0.3) is 0 Å². The Morgan fingerprint density at radius 1 is 0.914 bits per heavy atom. The second-order valence-corrected chi connectivity index (χ2v) is 11.4. The second kappa shape index (κ2) is 12.1. The zero-order valence-corrected chi connectivity index (χ0v) is 22.2. The summed E-state index contributed by atoms with van der Waals surface area (Å²) in [5.41, 5.74) is 1.48. The van der Waals surface area contributed by atoms with E-state index >= 15 is 0 Å². The quantitative estimate of drug-likeness (QED) is 0.306. The molecule has 2 amide bonds. The number of hydrogen-bond acceptors (Lipinski definition) is 3. The van der Waals surface area contributed by atoms with Crippen molar-refractivity contribution in [2.75, 3.05) is 6.54 Å². The number of nitrogens with zero attached hydrogens (tertiary/aromatic N) is 2. The largest absolute Gasteiger partial charge is 0.332 e. The van der Waals surface area contributed by atoms with Gasteiger partial charge in [-0.15, -0.1) is 11.3 Å². The smallest absolute Gasteiger partial charge is 0.254 e. The molecule has 1 aliphatic carbocycles. The summed E-state index contributed by atoms with van der Waals surface area (Å²) in [4.78, 5) is 33.4. The van der Waals surface area contributed by atoms with Crippen LogP contribution in [0.15, 0.2) is 60.7 Å². The number of thiophene rings is 1. The molecule has 0 aliphatic heterocycles. The third-order valence-electron chi connectivity index (χ3n) is 6.40. The van der Waals surface area contributed by atoms with Crippen molar-refractivity contribution < 1.29 is 9.59 Å². The molecule has 4 nitrogen and oxygen atoms in total. The number of aryl methyl sites for hydroxylation is 1. The highest BCUT2D eigenvalue weighted by Gasteiger charge is 2.30. The Kier molecular flexibility index (Phi) is 8.88. The average Bonchev–Trinajstić information content (AvgIpc) is 3.26. The SMILES string of the molecule is Cc1ccc(CN(Cc2ccccc2)C(=O)CN(C(=O)c2cc(Cl)cc(Cl)c2)C2CCCCC2)s1. The number of carbonyl (C=O) groups is 2. The first-order valence-electron chi connectivity index (χ1n) is 12.0. The fourth-order valence-corrected chi connectivity index (χ4v) is 6.07. The Morgan fingerprint density at radius 2 is 1.60 bits per heavy atom. The lowest BCUT2D eigenvalue weighted by Crippen LogP contribution is -2.48. The van der Waals surface area contributed by atoms with Crippen molar-refractivity contribution >= 4 is 46.4 Å². The third kappa shape index (κ3) is 7.09. The van der Waals surface area contributed by atoms with Gasteiger partial charge in [-0.05, 0) is 55.7 Å². The molecular weight excluding hydrogens is 499 g/mol. The van der Waals surface area contributed by atoms with Crippen LogP contribution in [0, 0.1) is 6.92 Å². The summed E-state index contributed by atoms with van der Waals surface area (Å²) < 4.78 is 0. The van der Waals surface area contributed by atoms with Crippen LogP contribution >= 0.6 is 34.5 Å². The summed E-state index contributed by atoms with van der Waals surface area (Å²) in [6.45, 7) is 3.11. The fourth-order valence-electron chi connectivity index (χ4n) is 4.64. The first-order chi connectivity index (χ1) is 16.9. The number of amides is 2. The van der Waals surface area contributed by atoms with Gasteiger partial charge in [-0.25, -0.2) is 0 Å². The maximum atomic E-state index is 13.8. The molecule has 4 rings (SSSR count). The van der Waals surface area contributed by atoms with Crippen LogP contribution in [0.2, 0.25) is 10.0 Å². The van der Waals surface area contributed by atoms with E-state index < -0.39 is 0 Å². The predicted molar refractivity (Wildman–Crippen MR) is 144 cm³/mol. The topological polar surface area (TPSA) is 40.6 Å². The zero-order valence-electron chi connectivity index (χ0n) is 19.9. The Bertz CT molecular complexity index is 1140. The molecule has 3 aromatic rings. The zero-order chi connectivity index (χ0) is 24.8. The van der Waals surface area contributed by atoms with Gasteiger partial charge >= 0.3 is 0 Å². The summed E-state index contributed by atoms with van der Waals surface area (Å²) in [5, 5.41) is 0.823. The molecule has 184 valence electrons. The van der Waals surface area contributed by atoms with Gasteiger partial charge in [0.15, 0.2) is 0 Å². The molecule has 1 saturated carbocycles. The molecule has 1 aromatic heterocycles. The van der Waals surface area contributed by atoms with Gasteiger partial charge in [-0.1, -0.05) is 72.8 Å². The first-order valence-corrected chi connectivity index (χ1v) is 13.6. The Hall–Kier alpha value is -2.34. The maximum absolute atomic E-state index is 13.8. The van der Waals surface area contributed by atoms with Gasteiger partial charge < -0.3 is 9.80 Å². The molecule has 2 aromatic carbocycles. The van der Waals surface area contributed by atoms with Gasteiger partial charge in [0.25, 0.3) is 5.91 Å². The summed E-state index contributed by atoms with van der Waals surface area (Å²) in [6.07, 6.45) is 5.07. The molecule has 0 saturated heterocycles. The second-order valence-electron chi connectivity index (χ2n) is 9.13. The predicted octanol–water partition coefficient (Wildman–Crippen LogP) is 7.37. The first kappa shape index (κ1) is 25.7. The van der Waals surface area contributed by atoms with E-state index in [0.29, 0.717) is 28.7 Å². The number of rotatable bonds is 8. The van der Waals surface area contributed by atoms with Crippen molar-refractivity contribution in [3.8, 4) is 0 Å². The van der Waals surface area contributed by atoms with E-state index in [2.05, 4.69) is 19.1 Å². The van der Waals surface area contributed by atoms with E-state index in [9.17, 15) is 9.59 Å². The summed E-state index contributed by atoms with van der Waals surface area (Å²) in [7, 11) is 0. The minimum atomic E-state index is -0.193. The molecule has 35 heavy (non-hydrogen) atoms. The molecule has 0 N–H and O–H groups in total. The lowest BCUT2D eigenvalue weighted by molar-refractivity contribution is -0.133. The van der Waals surface area contributed by atoms with Crippen molar-refractivity contribution in [2.45, 2.75) is 58.2 Å². The highest BCUT2D eigenvalue weighted by molar-refractivity contribution is 7.11. The molecule has 1 fully saturated rings. The van der Waals surface area contributed by atoms with Crippen LogP contribution in [0.4, 0.5) is 0 Å². The van der Waals surface area contributed by atoms with Crippen LogP contribution in [0.1, 0.15) is 57.8 Å². The molecule has 0 bridgehead atoms. The maximum Gasteiger partial charge on any atom is 0.254 e. The molecule has 1 heterocycles. The van der Waals surface area contributed by atoms with Gasteiger partial charge in [0.2, 0.25) is 5.91 Å². The van der Waals surface area contributed by atoms with E-state index in [4.69, 9.17) is 23.2 Å². The Morgan fingerprint density at radius 3 is 2.23 bits per heavy atom. The minimum absolute atomic E-state index is 0.0283. The average molecular weight is 530 g/mol. The normalized spacial score (nSPS) is 14.0. The number of halogens is 2. The van der Waals surface area contributed by atoms with Crippen molar-refractivity contribution in [3.63, 3.8) is 0 Å². The van der Waals surface area contributed by atoms with Crippen molar-refractivity contribution in [1.82, 2.24) is 9.80 Å². The summed E-state index contributed by atoms with van der Waals surface area (Å²) >= 11 is 14.1. The molecule has 7 heteroatoms. The van der Waals surface area contributed by atoms with E-state index in [1.165, 1.54) is 4.88 Å². The van der Waals surface area contributed by atoms with E-state index in [-0.39, 0.29) is 24.4 Å². The monoisotopic (exact) mass is 528 g/mol. The van der Waals surface area contributed by atoms with Gasteiger partial charge in [0.05, 0.1) is 6.54 Å². The minimum Gasteiger partial charge on any atom is -0.332 e. The molecule has 0 radical (unpaired) electrons. The van der Waals surface area contributed by atoms with Crippen molar-refractivity contribution in [3.05, 3.63) is 91.6 Å². The fraction of sp³-hybridized carbons (Fsp3) is 0.357. The molecule has 0 unspecified atom stereocenters. The number of hydrogen-bond donors (Lipinski definition) is 0. The van der Waals surface area contributed by atoms with Crippen LogP contribution in [0.3, 0.4) is 0 Å².